The summed E-state index contributed by atoms with van der Waals surface area (Å²) >= 11 is 12.5. The zero-order valence-electron chi connectivity index (χ0n) is 19.1. The number of ether oxygens (including phenoxy) is 3. The lowest BCUT2D eigenvalue weighted by Crippen LogP contribution is -2.54. The van der Waals surface area contributed by atoms with Gasteiger partial charge in [-0.3, -0.25) is 19.8 Å². The van der Waals surface area contributed by atoms with Gasteiger partial charge < -0.3 is 14.2 Å². The highest BCUT2D eigenvalue weighted by atomic mass is 35.5. The minimum atomic E-state index is -0.559. The summed E-state index contributed by atoms with van der Waals surface area (Å²) in [5, 5.41) is 2.60. The third kappa shape index (κ3) is 5.96. The molecule has 5 rings (SSSR count). The zero-order chi connectivity index (χ0) is 25.8. The molecule has 0 aliphatic carbocycles. The zero-order valence-corrected chi connectivity index (χ0v) is 21.5. The fourth-order valence-electron chi connectivity index (χ4n) is 3.53. The first-order valence-corrected chi connectivity index (χ1v) is 12.8. The van der Waals surface area contributed by atoms with E-state index in [2.05, 4.69) is 5.32 Å². The summed E-state index contributed by atoms with van der Waals surface area (Å²) < 4.78 is 16.7. The maximum atomic E-state index is 13.3. The molecule has 0 saturated carbocycles. The Morgan fingerprint density at radius 1 is 0.973 bits per heavy atom. The Morgan fingerprint density at radius 3 is 2.32 bits per heavy atom. The Kier molecular flexibility index (Phi) is 7.45. The van der Waals surface area contributed by atoms with E-state index >= 15 is 0 Å². The number of nitrogens with one attached hydrogen (secondary N) is 1. The summed E-state index contributed by atoms with van der Waals surface area (Å²) in [5.41, 5.74) is 1.13. The molecule has 37 heavy (non-hydrogen) atoms. The number of carbonyl (C=O) groups excluding carboxylic acids is 2. The van der Waals surface area contributed by atoms with Gasteiger partial charge in [0.2, 0.25) is 4.90 Å². The smallest absolute Gasteiger partial charge is 0.270 e. The largest absolute Gasteiger partial charge is 0.488 e. The first-order valence-electron chi connectivity index (χ1n) is 11.1. The second-order valence-corrected chi connectivity index (χ2v) is 10.1. The van der Waals surface area contributed by atoms with Gasteiger partial charge in [-0.1, -0.05) is 53.7 Å². The van der Waals surface area contributed by atoms with Gasteiger partial charge in [-0.2, -0.15) is 0 Å². The number of carbonyl (C=O) groups is 2. The average Bonchev–Trinajstić information content (AvgIpc) is 3.32. The van der Waals surface area contributed by atoms with Gasteiger partial charge in [0.15, 0.2) is 5.11 Å². The molecule has 1 saturated heterocycles. The van der Waals surface area contributed by atoms with Gasteiger partial charge in [0.05, 0.1) is 16.9 Å². The van der Waals surface area contributed by atoms with Crippen LogP contribution >= 0.6 is 35.6 Å². The van der Waals surface area contributed by atoms with Crippen molar-refractivity contribution in [1.82, 2.24) is 5.32 Å². The van der Waals surface area contributed by atoms with E-state index in [9.17, 15) is 9.59 Å². The monoisotopic (exact) mass is 550 g/mol. The Bertz CT molecular complexity index is 1390. The maximum absolute atomic E-state index is 13.3. The van der Waals surface area contributed by atoms with Gasteiger partial charge in [-0.15, -0.1) is 0 Å². The summed E-state index contributed by atoms with van der Waals surface area (Å²) in [7, 11) is 0. The van der Waals surface area contributed by atoms with Crippen LogP contribution in [0.4, 0.5) is 5.69 Å². The number of hydrogen-bond acceptors (Lipinski definition) is 7. The molecule has 2 aliphatic heterocycles. The molecule has 0 radical (unpaired) electrons. The van der Waals surface area contributed by atoms with E-state index in [-0.39, 0.29) is 10.7 Å². The van der Waals surface area contributed by atoms with E-state index < -0.39 is 16.7 Å². The Hall–Kier alpha value is -3.79. The predicted molar refractivity (Wildman–Crippen MR) is 147 cm³/mol. The van der Waals surface area contributed by atoms with Crippen molar-refractivity contribution in [3.63, 3.8) is 0 Å². The van der Waals surface area contributed by atoms with Gasteiger partial charge in [-0.05, 0) is 72.4 Å². The number of alkyl halides is 1. The minimum absolute atomic E-state index is 0.00915. The number of halogens is 1. The molecule has 0 bridgehead atoms. The Labute approximate surface area is 227 Å². The number of benzene rings is 3. The van der Waals surface area contributed by atoms with Crippen LogP contribution in [-0.2, 0) is 14.3 Å². The van der Waals surface area contributed by atoms with E-state index in [1.807, 2.05) is 30.3 Å². The first-order chi connectivity index (χ1) is 18.0. The minimum Gasteiger partial charge on any atom is -0.488 e. The van der Waals surface area contributed by atoms with Crippen molar-refractivity contribution >= 4 is 64.3 Å². The molecule has 1 atom stereocenters. The molecule has 3 aromatic rings. The molecule has 186 valence electrons. The highest BCUT2D eigenvalue weighted by Crippen LogP contribution is 2.33. The van der Waals surface area contributed by atoms with Crippen LogP contribution in [0.5, 0.6) is 17.2 Å². The van der Waals surface area contributed by atoms with Crippen LogP contribution in [0, 0.1) is 0 Å². The predicted octanol–water partition coefficient (Wildman–Crippen LogP) is 5.82. The second-order valence-electron chi connectivity index (χ2n) is 7.84. The number of rotatable bonds is 7. The highest BCUT2D eigenvalue weighted by molar-refractivity contribution is 8.04. The molecule has 1 unspecified atom stereocenters. The highest BCUT2D eigenvalue weighted by Gasteiger charge is 2.34. The lowest BCUT2D eigenvalue weighted by Gasteiger charge is -2.29. The number of thioether (sulfide) groups is 1. The summed E-state index contributed by atoms with van der Waals surface area (Å²) in [6, 6.07) is 23.3. The van der Waals surface area contributed by atoms with E-state index in [1.54, 1.807) is 54.8 Å². The van der Waals surface area contributed by atoms with E-state index in [1.165, 1.54) is 22.7 Å². The number of nitrogens with zero attached hydrogens (tertiary/aromatic N) is 1. The van der Waals surface area contributed by atoms with Crippen LogP contribution in [0.1, 0.15) is 5.56 Å². The maximum Gasteiger partial charge on any atom is 0.270 e. The van der Waals surface area contributed by atoms with Crippen molar-refractivity contribution in [2.75, 3.05) is 11.5 Å². The number of thiocarbonyl (C=S) groups is 1. The van der Waals surface area contributed by atoms with E-state index in [4.69, 9.17) is 38.0 Å². The quantitative estimate of drug-likeness (QED) is 0.172. The van der Waals surface area contributed by atoms with Crippen LogP contribution in [0.3, 0.4) is 0 Å². The fourth-order valence-corrected chi connectivity index (χ4v) is 4.80. The summed E-state index contributed by atoms with van der Waals surface area (Å²) in [6.45, 7) is 0.330. The molecule has 10 heteroatoms. The van der Waals surface area contributed by atoms with Crippen LogP contribution in [-0.4, -0.2) is 28.4 Å². The Balaban J connectivity index is 1.29. The lowest BCUT2D eigenvalue weighted by molar-refractivity contribution is -0.122. The standard InChI is InChI=1S/C27H19ClN2O5S2/c28-26-34-16-22(37-26)15-33-19-10-6-17(7-11-19)14-23-24(31)29-27(36)30(25(23)32)18-8-12-21(13-9-18)35-20-4-2-1-3-5-20/h1-14,16,26H,15H2,(H,29,31,36). The fraction of sp³-hybridized carbons (Fsp3) is 0.0741. The van der Waals surface area contributed by atoms with Gasteiger partial charge >= 0.3 is 0 Å². The number of hydrogen-bond donors (Lipinski definition) is 1. The number of anilines is 1. The van der Waals surface area contributed by atoms with E-state index in [0.717, 1.165) is 4.91 Å². The van der Waals surface area contributed by atoms with Crippen molar-refractivity contribution in [3.05, 3.63) is 101 Å². The molecule has 2 heterocycles. The summed E-state index contributed by atoms with van der Waals surface area (Å²) in [6.07, 6.45) is 3.10. The average molecular weight is 551 g/mol. The summed E-state index contributed by atoms with van der Waals surface area (Å²) in [5.74, 6) is 0.844. The van der Waals surface area contributed by atoms with Gasteiger partial charge in [0.25, 0.3) is 11.8 Å². The van der Waals surface area contributed by atoms with Crippen LogP contribution in [0.15, 0.2) is 95.6 Å². The topological polar surface area (TPSA) is 77.1 Å². The van der Waals surface area contributed by atoms with Crippen molar-refractivity contribution < 1.29 is 23.8 Å². The molecular formula is C27H19ClN2O5S2. The third-order valence-electron chi connectivity index (χ3n) is 5.30. The van der Waals surface area contributed by atoms with Crippen molar-refractivity contribution in [2.24, 2.45) is 0 Å². The van der Waals surface area contributed by atoms with Gasteiger partial charge in [0, 0.05) is 0 Å². The molecule has 3 aromatic carbocycles. The van der Waals surface area contributed by atoms with Crippen LogP contribution in [0.2, 0.25) is 0 Å². The van der Waals surface area contributed by atoms with Crippen LogP contribution in [0.25, 0.3) is 6.08 Å². The third-order valence-corrected chi connectivity index (χ3v) is 6.77. The molecular weight excluding hydrogens is 532 g/mol. The molecule has 1 fully saturated rings. The normalized spacial score (nSPS) is 18.4. The van der Waals surface area contributed by atoms with Gasteiger partial charge in [-0.25, -0.2) is 0 Å². The summed E-state index contributed by atoms with van der Waals surface area (Å²) in [4.78, 5) is 27.6. The molecule has 2 amide bonds. The van der Waals surface area contributed by atoms with Gasteiger partial charge in [0.1, 0.15) is 29.4 Å². The molecule has 2 aliphatic rings. The number of para-hydroxylation sites is 1. The van der Waals surface area contributed by atoms with Crippen molar-refractivity contribution in [3.8, 4) is 17.2 Å². The number of amides is 2. The lowest BCUT2D eigenvalue weighted by atomic mass is 10.1. The van der Waals surface area contributed by atoms with Crippen LogP contribution < -0.4 is 19.7 Å². The van der Waals surface area contributed by atoms with Crippen molar-refractivity contribution in [1.29, 1.82) is 0 Å². The molecule has 7 nitrogen and oxygen atoms in total. The molecule has 0 aromatic heterocycles. The second kappa shape index (κ2) is 11.1. The Morgan fingerprint density at radius 2 is 1.65 bits per heavy atom. The van der Waals surface area contributed by atoms with Crippen molar-refractivity contribution in [2.45, 2.75) is 4.90 Å². The van der Waals surface area contributed by atoms with E-state index in [0.29, 0.717) is 35.1 Å². The first kappa shape index (κ1) is 24.9. The molecule has 0 spiro atoms. The SMILES string of the molecule is O=C1NC(=S)N(c2ccc(Oc3ccccc3)cc2)C(=O)C1=Cc1ccc(OCC2=COC(Cl)S2)cc1. The molecule has 1 N–H and O–H groups in total.